The van der Waals surface area contributed by atoms with Crippen LogP contribution in [0.2, 0.25) is 0 Å². The van der Waals surface area contributed by atoms with E-state index in [1.165, 1.54) is 0 Å². The Morgan fingerprint density at radius 1 is 1.50 bits per heavy atom. The maximum absolute atomic E-state index is 11.2. The first-order valence-corrected chi connectivity index (χ1v) is 5.90. The minimum absolute atomic E-state index is 0.479. The molecule has 0 bridgehead atoms. The first-order chi connectivity index (χ1) is 8.41. The lowest BCUT2D eigenvalue weighted by molar-refractivity contribution is -0.149. The molecule has 1 heterocycles. The summed E-state index contributed by atoms with van der Waals surface area (Å²) in [5.41, 5.74) is -0.120. The molecule has 1 N–H and O–H groups in total. The van der Waals surface area contributed by atoms with Gasteiger partial charge in [0.1, 0.15) is 5.54 Å². The monoisotopic (exact) mass is 252 g/mol. The van der Waals surface area contributed by atoms with Gasteiger partial charge in [-0.05, 0) is 26.5 Å². The Kier molecular flexibility index (Phi) is 4.67. The lowest BCUT2D eigenvalue weighted by Crippen LogP contribution is -2.49. The SMILES string of the molecule is CCN(Cc1cccc(OC)n1)C(C)(C)C(=O)O. The summed E-state index contributed by atoms with van der Waals surface area (Å²) in [7, 11) is 1.56. The van der Waals surface area contributed by atoms with Crippen LogP contribution in [0.25, 0.3) is 0 Å². The average Bonchev–Trinajstić information content (AvgIpc) is 2.35. The highest BCUT2D eigenvalue weighted by Gasteiger charge is 2.33. The van der Waals surface area contributed by atoms with Gasteiger partial charge in [-0.25, -0.2) is 4.98 Å². The van der Waals surface area contributed by atoms with Gasteiger partial charge in [-0.1, -0.05) is 13.0 Å². The van der Waals surface area contributed by atoms with Gasteiger partial charge >= 0.3 is 5.97 Å². The van der Waals surface area contributed by atoms with E-state index in [1.807, 2.05) is 24.0 Å². The zero-order valence-corrected chi connectivity index (χ0v) is 11.3. The van der Waals surface area contributed by atoms with Gasteiger partial charge in [0.05, 0.1) is 12.8 Å². The van der Waals surface area contributed by atoms with Crippen molar-refractivity contribution in [3.05, 3.63) is 23.9 Å². The quantitative estimate of drug-likeness (QED) is 0.836. The van der Waals surface area contributed by atoms with Crippen molar-refractivity contribution in [3.63, 3.8) is 0 Å². The third-order valence-corrected chi connectivity index (χ3v) is 3.04. The first-order valence-electron chi connectivity index (χ1n) is 5.90. The molecule has 0 atom stereocenters. The zero-order chi connectivity index (χ0) is 13.8. The summed E-state index contributed by atoms with van der Waals surface area (Å²) >= 11 is 0. The summed E-state index contributed by atoms with van der Waals surface area (Å²) in [6.45, 7) is 6.44. The second-order valence-electron chi connectivity index (χ2n) is 4.55. The van der Waals surface area contributed by atoms with E-state index in [9.17, 15) is 9.90 Å². The fourth-order valence-electron chi connectivity index (χ4n) is 1.69. The fraction of sp³-hybridized carbons (Fsp3) is 0.538. The smallest absolute Gasteiger partial charge is 0.323 e. The Hall–Kier alpha value is -1.62. The van der Waals surface area contributed by atoms with Gasteiger partial charge < -0.3 is 9.84 Å². The van der Waals surface area contributed by atoms with Crippen molar-refractivity contribution in [2.45, 2.75) is 32.9 Å². The minimum atomic E-state index is -0.917. The lowest BCUT2D eigenvalue weighted by Gasteiger charge is -2.33. The second-order valence-corrected chi connectivity index (χ2v) is 4.55. The molecule has 0 aliphatic carbocycles. The molecule has 1 rings (SSSR count). The van der Waals surface area contributed by atoms with Crippen LogP contribution in [0.5, 0.6) is 5.88 Å². The number of likely N-dealkylation sites (N-methyl/N-ethyl adjacent to an activating group) is 1. The molecule has 1 aromatic rings. The number of carboxylic acid groups (broad SMARTS) is 1. The highest BCUT2D eigenvalue weighted by Crippen LogP contribution is 2.18. The number of methoxy groups -OCH3 is 1. The van der Waals surface area contributed by atoms with Crippen LogP contribution in [0.1, 0.15) is 26.5 Å². The summed E-state index contributed by atoms with van der Waals surface area (Å²) in [6, 6.07) is 5.48. The molecule has 0 radical (unpaired) electrons. The van der Waals surface area contributed by atoms with Crippen LogP contribution in [-0.2, 0) is 11.3 Å². The van der Waals surface area contributed by atoms with Gasteiger partial charge in [-0.15, -0.1) is 0 Å². The number of nitrogens with zero attached hydrogens (tertiary/aromatic N) is 2. The van der Waals surface area contributed by atoms with E-state index in [1.54, 1.807) is 27.0 Å². The number of pyridine rings is 1. The van der Waals surface area contributed by atoms with Crippen molar-refractivity contribution in [1.29, 1.82) is 0 Å². The van der Waals surface area contributed by atoms with Crippen LogP contribution < -0.4 is 4.74 Å². The van der Waals surface area contributed by atoms with E-state index in [4.69, 9.17) is 4.74 Å². The predicted octanol–water partition coefficient (Wildman–Crippen LogP) is 1.78. The minimum Gasteiger partial charge on any atom is -0.481 e. The van der Waals surface area contributed by atoms with E-state index >= 15 is 0 Å². The van der Waals surface area contributed by atoms with E-state index in [0.717, 1.165) is 5.69 Å². The molecule has 0 saturated heterocycles. The van der Waals surface area contributed by atoms with Gasteiger partial charge in [0.2, 0.25) is 5.88 Å². The van der Waals surface area contributed by atoms with Crippen LogP contribution in [0.4, 0.5) is 0 Å². The van der Waals surface area contributed by atoms with Gasteiger partial charge in [0.25, 0.3) is 0 Å². The average molecular weight is 252 g/mol. The molecule has 100 valence electrons. The molecule has 0 saturated carbocycles. The molecule has 18 heavy (non-hydrogen) atoms. The molecule has 0 amide bonds. The van der Waals surface area contributed by atoms with Crippen molar-refractivity contribution < 1.29 is 14.6 Å². The largest absolute Gasteiger partial charge is 0.481 e. The maximum atomic E-state index is 11.2. The lowest BCUT2D eigenvalue weighted by atomic mass is 10.0. The van der Waals surface area contributed by atoms with Gasteiger partial charge in [0, 0.05) is 12.6 Å². The molecule has 0 unspecified atom stereocenters. The number of hydrogen-bond donors (Lipinski definition) is 1. The summed E-state index contributed by atoms with van der Waals surface area (Å²) in [6.07, 6.45) is 0. The number of aliphatic carboxylic acids is 1. The first kappa shape index (κ1) is 14.4. The van der Waals surface area contributed by atoms with Crippen LogP contribution >= 0.6 is 0 Å². The Labute approximate surface area is 107 Å². The van der Waals surface area contributed by atoms with Crippen molar-refractivity contribution >= 4 is 5.97 Å². The third kappa shape index (κ3) is 3.20. The summed E-state index contributed by atoms with van der Waals surface area (Å²) in [4.78, 5) is 17.4. The molecule has 0 aromatic carbocycles. The molecule has 1 aromatic heterocycles. The van der Waals surface area contributed by atoms with Crippen molar-refractivity contribution in [2.75, 3.05) is 13.7 Å². The molecular weight excluding hydrogens is 232 g/mol. The number of rotatable bonds is 6. The van der Waals surface area contributed by atoms with Crippen molar-refractivity contribution in [1.82, 2.24) is 9.88 Å². The Morgan fingerprint density at radius 2 is 2.17 bits per heavy atom. The third-order valence-electron chi connectivity index (χ3n) is 3.04. The number of carbonyl (C=O) groups is 1. The molecule has 5 nitrogen and oxygen atoms in total. The Bertz CT molecular complexity index is 418. The number of aromatic nitrogens is 1. The van der Waals surface area contributed by atoms with Crippen LogP contribution in [0.15, 0.2) is 18.2 Å². The van der Waals surface area contributed by atoms with Crippen LogP contribution in [0, 0.1) is 0 Å². The highest BCUT2D eigenvalue weighted by atomic mass is 16.5. The van der Waals surface area contributed by atoms with Gasteiger partial charge in [0.15, 0.2) is 0 Å². The topological polar surface area (TPSA) is 62.7 Å². The summed E-state index contributed by atoms with van der Waals surface area (Å²) in [5, 5.41) is 9.23. The second kappa shape index (κ2) is 5.82. The maximum Gasteiger partial charge on any atom is 0.323 e. The predicted molar refractivity (Wildman–Crippen MR) is 68.6 cm³/mol. The zero-order valence-electron chi connectivity index (χ0n) is 11.3. The molecule has 0 spiro atoms. The standard InChI is InChI=1S/C13H20N2O3/c1-5-15(13(2,3)12(16)17)9-10-7-6-8-11(14-10)18-4/h6-8H,5,9H2,1-4H3,(H,16,17). The molecular formula is C13H20N2O3. The normalized spacial score (nSPS) is 11.6. The van der Waals surface area contributed by atoms with E-state index in [2.05, 4.69) is 4.98 Å². The fourth-order valence-corrected chi connectivity index (χ4v) is 1.69. The summed E-state index contributed by atoms with van der Waals surface area (Å²) < 4.78 is 5.06. The van der Waals surface area contributed by atoms with Crippen LogP contribution in [-0.4, -0.2) is 40.2 Å². The number of hydrogen-bond acceptors (Lipinski definition) is 4. The van der Waals surface area contributed by atoms with Crippen molar-refractivity contribution in [3.8, 4) is 5.88 Å². The molecule has 5 heteroatoms. The number of ether oxygens (including phenoxy) is 1. The van der Waals surface area contributed by atoms with Crippen LogP contribution in [0.3, 0.4) is 0 Å². The number of carboxylic acids is 1. The Balaban J connectivity index is 2.89. The van der Waals surface area contributed by atoms with E-state index in [-0.39, 0.29) is 0 Å². The molecule has 0 aliphatic rings. The van der Waals surface area contributed by atoms with Gasteiger partial charge in [-0.3, -0.25) is 9.69 Å². The molecule has 0 fully saturated rings. The van der Waals surface area contributed by atoms with Gasteiger partial charge in [-0.2, -0.15) is 0 Å². The van der Waals surface area contributed by atoms with E-state index in [0.29, 0.717) is 19.0 Å². The summed E-state index contributed by atoms with van der Waals surface area (Å²) in [5.74, 6) is -0.302. The molecule has 0 aliphatic heterocycles. The Morgan fingerprint density at radius 3 is 2.67 bits per heavy atom. The highest BCUT2D eigenvalue weighted by molar-refractivity contribution is 5.77. The van der Waals surface area contributed by atoms with E-state index < -0.39 is 11.5 Å². The van der Waals surface area contributed by atoms with Crippen molar-refractivity contribution in [2.24, 2.45) is 0 Å².